The highest BCUT2D eigenvalue weighted by molar-refractivity contribution is 7.92. The van der Waals surface area contributed by atoms with Crippen LogP contribution in [0.3, 0.4) is 0 Å². The van der Waals surface area contributed by atoms with Gasteiger partial charge in [0.15, 0.2) is 0 Å². The molecular weight excluding hydrogens is 238 g/mol. The summed E-state index contributed by atoms with van der Waals surface area (Å²) in [6.45, 7) is 2.11. The maximum atomic E-state index is 11.7. The van der Waals surface area contributed by atoms with Crippen LogP contribution in [0.4, 0.5) is 0 Å². The number of amides is 1. The molecule has 1 unspecified atom stereocenters. The van der Waals surface area contributed by atoms with Crippen molar-refractivity contribution in [2.24, 2.45) is 5.73 Å². The van der Waals surface area contributed by atoms with Crippen LogP contribution in [0.25, 0.3) is 0 Å². The van der Waals surface area contributed by atoms with E-state index >= 15 is 0 Å². The minimum atomic E-state index is -3.56. The van der Waals surface area contributed by atoms with Gasteiger partial charge in [-0.3, -0.25) is 4.79 Å². The van der Waals surface area contributed by atoms with Gasteiger partial charge < -0.3 is 11.1 Å². The second-order valence-corrected chi connectivity index (χ2v) is 5.75. The number of piperazine rings is 1. The van der Waals surface area contributed by atoms with Crippen molar-refractivity contribution in [1.29, 1.82) is 0 Å². The molecule has 1 rings (SSSR count). The molecule has 0 saturated carbocycles. The molecule has 1 heterocycles. The molecule has 1 aliphatic rings. The van der Waals surface area contributed by atoms with Crippen LogP contribution in [0.2, 0.25) is 0 Å². The van der Waals surface area contributed by atoms with E-state index in [2.05, 4.69) is 17.5 Å². The molecule has 0 spiro atoms. The van der Waals surface area contributed by atoms with E-state index in [1.54, 1.807) is 0 Å². The number of nitrogens with zero attached hydrogens (tertiary/aromatic N) is 1. The lowest BCUT2D eigenvalue weighted by atomic mass is 10.2. The van der Waals surface area contributed by atoms with Crippen LogP contribution in [0.1, 0.15) is 6.92 Å². The van der Waals surface area contributed by atoms with Crippen LogP contribution >= 0.6 is 12.2 Å². The van der Waals surface area contributed by atoms with E-state index in [-0.39, 0.29) is 23.2 Å². The van der Waals surface area contributed by atoms with Gasteiger partial charge in [-0.05, 0) is 6.92 Å². The molecule has 0 bridgehead atoms. The molecule has 1 atom stereocenters. The van der Waals surface area contributed by atoms with Crippen LogP contribution in [-0.4, -0.2) is 48.5 Å². The van der Waals surface area contributed by atoms with E-state index in [0.717, 1.165) is 4.31 Å². The Kier molecular flexibility index (Phi) is 3.63. The molecule has 3 N–H and O–H groups in total. The first kappa shape index (κ1) is 12.3. The van der Waals surface area contributed by atoms with E-state index in [1.807, 2.05) is 0 Å². The van der Waals surface area contributed by atoms with Gasteiger partial charge in [-0.25, -0.2) is 8.42 Å². The molecule has 1 aliphatic heterocycles. The van der Waals surface area contributed by atoms with Crippen molar-refractivity contribution in [2.45, 2.75) is 13.0 Å². The van der Waals surface area contributed by atoms with Gasteiger partial charge >= 0.3 is 0 Å². The van der Waals surface area contributed by atoms with Gasteiger partial charge in [-0.2, -0.15) is 4.31 Å². The van der Waals surface area contributed by atoms with E-state index in [4.69, 9.17) is 5.73 Å². The molecule has 0 aromatic carbocycles. The molecule has 0 aliphatic carbocycles. The zero-order chi connectivity index (χ0) is 11.6. The Hall–Kier alpha value is -0.730. The van der Waals surface area contributed by atoms with Crippen LogP contribution < -0.4 is 11.1 Å². The first-order valence-corrected chi connectivity index (χ1v) is 6.42. The quantitative estimate of drug-likeness (QED) is 0.591. The molecule has 0 aromatic rings. The number of rotatable bonds is 3. The van der Waals surface area contributed by atoms with Crippen molar-refractivity contribution in [3.8, 4) is 0 Å². The maximum absolute atomic E-state index is 11.7. The molecule has 0 radical (unpaired) electrons. The lowest BCUT2D eigenvalue weighted by molar-refractivity contribution is -0.126. The predicted molar refractivity (Wildman–Crippen MR) is 59.7 cm³/mol. The Morgan fingerprint density at radius 2 is 2.33 bits per heavy atom. The zero-order valence-electron chi connectivity index (χ0n) is 8.26. The topological polar surface area (TPSA) is 92.5 Å². The Morgan fingerprint density at radius 1 is 1.73 bits per heavy atom. The Bertz CT molecular complexity index is 379. The normalized spacial score (nSPS) is 23.5. The van der Waals surface area contributed by atoms with Gasteiger partial charge in [-0.1, -0.05) is 12.2 Å². The third kappa shape index (κ3) is 2.86. The predicted octanol–water partition coefficient (Wildman–Crippen LogP) is -1.58. The monoisotopic (exact) mass is 251 g/mol. The second-order valence-electron chi connectivity index (χ2n) is 3.30. The fraction of sp³-hybridized carbons (Fsp3) is 0.714. The van der Waals surface area contributed by atoms with E-state index in [9.17, 15) is 13.2 Å². The van der Waals surface area contributed by atoms with Gasteiger partial charge in [0, 0.05) is 13.1 Å². The van der Waals surface area contributed by atoms with Crippen molar-refractivity contribution in [3.63, 3.8) is 0 Å². The molecule has 1 saturated heterocycles. The highest BCUT2D eigenvalue weighted by Gasteiger charge is 2.34. The minimum absolute atomic E-state index is 0.0896. The Balaban J connectivity index is 2.86. The average molecular weight is 251 g/mol. The number of carbonyl (C=O) groups is 1. The molecular formula is C7H13N3O3S2. The standard InChI is InChI=1S/C7H13N3O3S2/c1-5-7(11)9-2-3-10(5)15(12,13)4-6(8)14/h5H,2-4H2,1H3,(H2,8,14)(H,9,11). The minimum Gasteiger partial charge on any atom is -0.392 e. The van der Waals surface area contributed by atoms with Crippen molar-refractivity contribution < 1.29 is 13.2 Å². The summed E-state index contributed by atoms with van der Waals surface area (Å²) in [6.07, 6.45) is 0. The van der Waals surface area contributed by atoms with E-state index < -0.39 is 16.1 Å². The van der Waals surface area contributed by atoms with Crippen molar-refractivity contribution >= 4 is 33.1 Å². The number of hydrogen-bond donors (Lipinski definition) is 2. The number of nitrogens with one attached hydrogen (secondary N) is 1. The molecule has 1 fully saturated rings. The zero-order valence-corrected chi connectivity index (χ0v) is 9.90. The van der Waals surface area contributed by atoms with Crippen LogP contribution in [0, 0.1) is 0 Å². The Labute approximate surface area is 93.9 Å². The fourth-order valence-electron chi connectivity index (χ4n) is 1.40. The largest absolute Gasteiger partial charge is 0.392 e. The molecule has 1 amide bonds. The van der Waals surface area contributed by atoms with Gasteiger partial charge in [0.25, 0.3) is 0 Å². The SMILES string of the molecule is CC1C(=O)NCCN1S(=O)(=O)CC(N)=S. The van der Waals surface area contributed by atoms with Crippen molar-refractivity contribution in [3.05, 3.63) is 0 Å². The summed E-state index contributed by atoms with van der Waals surface area (Å²) in [7, 11) is -3.56. The number of sulfonamides is 1. The lowest BCUT2D eigenvalue weighted by Gasteiger charge is -2.31. The lowest BCUT2D eigenvalue weighted by Crippen LogP contribution is -2.56. The first-order valence-electron chi connectivity index (χ1n) is 4.40. The van der Waals surface area contributed by atoms with Crippen LogP contribution in [-0.2, 0) is 14.8 Å². The van der Waals surface area contributed by atoms with Gasteiger partial charge in [0.05, 0.1) is 4.99 Å². The van der Waals surface area contributed by atoms with Gasteiger partial charge in [-0.15, -0.1) is 0 Å². The summed E-state index contributed by atoms with van der Waals surface area (Å²) in [5.74, 6) is -0.687. The summed E-state index contributed by atoms with van der Waals surface area (Å²) in [5, 5.41) is 2.58. The van der Waals surface area contributed by atoms with Gasteiger partial charge in [0.1, 0.15) is 11.8 Å². The molecule has 86 valence electrons. The molecule has 0 aromatic heterocycles. The van der Waals surface area contributed by atoms with Crippen LogP contribution in [0.5, 0.6) is 0 Å². The van der Waals surface area contributed by atoms with Crippen molar-refractivity contribution in [2.75, 3.05) is 18.8 Å². The third-order valence-corrected chi connectivity index (χ3v) is 4.34. The second kappa shape index (κ2) is 4.42. The molecule has 6 nitrogen and oxygen atoms in total. The van der Waals surface area contributed by atoms with E-state index in [0.29, 0.717) is 6.54 Å². The smallest absolute Gasteiger partial charge is 0.238 e. The summed E-state index contributed by atoms with van der Waals surface area (Å²) in [5.41, 5.74) is 5.19. The molecule has 15 heavy (non-hydrogen) atoms. The maximum Gasteiger partial charge on any atom is 0.238 e. The van der Waals surface area contributed by atoms with E-state index in [1.165, 1.54) is 6.92 Å². The summed E-state index contributed by atoms with van der Waals surface area (Å²) >= 11 is 4.55. The summed E-state index contributed by atoms with van der Waals surface area (Å²) < 4.78 is 24.6. The summed E-state index contributed by atoms with van der Waals surface area (Å²) in [6, 6.07) is -0.696. The highest BCUT2D eigenvalue weighted by Crippen LogP contribution is 2.10. The van der Waals surface area contributed by atoms with Crippen molar-refractivity contribution in [1.82, 2.24) is 9.62 Å². The van der Waals surface area contributed by atoms with Gasteiger partial charge in [0.2, 0.25) is 15.9 Å². The third-order valence-electron chi connectivity index (χ3n) is 2.12. The number of carbonyl (C=O) groups excluding carboxylic acids is 1. The highest BCUT2D eigenvalue weighted by atomic mass is 32.2. The first-order chi connectivity index (χ1) is 6.84. The number of hydrogen-bond acceptors (Lipinski definition) is 4. The molecule has 8 heteroatoms. The summed E-state index contributed by atoms with van der Waals surface area (Å²) in [4.78, 5) is 11.2. The fourth-order valence-corrected chi connectivity index (χ4v) is 3.32. The number of thiocarbonyl (C=S) groups is 1. The average Bonchev–Trinajstić information content (AvgIpc) is 2.07. The number of nitrogens with two attached hydrogens (primary N) is 1. The van der Waals surface area contributed by atoms with Crippen LogP contribution in [0.15, 0.2) is 0 Å². The Morgan fingerprint density at radius 3 is 2.87 bits per heavy atom.